The van der Waals surface area contributed by atoms with Crippen molar-refractivity contribution in [2.24, 2.45) is 0 Å². The minimum absolute atomic E-state index is 0.0562. The summed E-state index contributed by atoms with van der Waals surface area (Å²) >= 11 is 0. The average Bonchev–Trinajstić information content (AvgIpc) is 2.83. The molecule has 0 radical (unpaired) electrons. The van der Waals surface area contributed by atoms with Crippen molar-refractivity contribution in [1.82, 2.24) is 4.90 Å². The van der Waals surface area contributed by atoms with Gasteiger partial charge in [-0.25, -0.2) is 0 Å². The van der Waals surface area contributed by atoms with Gasteiger partial charge in [0.25, 0.3) is 0 Å². The molecule has 0 aromatic carbocycles. The molecule has 110 valence electrons. The summed E-state index contributed by atoms with van der Waals surface area (Å²) in [6.45, 7) is 7.61. The molecule has 0 aromatic heterocycles. The van der Waals surface area contributed by atoms with Gasteiger partial charge in [0.1, 0.15) is 6.10 Å². The summed E-state index contributed by atoms with van der Waals surface area (Å²) in [4.78, 5) is 2.21. The highest BCUT2D eigenvalue weighted by Crippen LogP contribution is 2.37. The molecule has 3 aliphatic heterocycles. The molecule has 3 saturated heterocycles. The van der Waals surface area contributed by atoms with E-state index in [2.05, 4.69) is 4.90 Å². The maximum absolute atomic E-state index is 10.3. The predicted molar refractivity (Wildman–Crippen MR) is 66.6 cm³/mol. The second-order valence-corrected chi connectivity index (χ2v) is 5.93. The van der Waals surface area contributed by atoms with Crippen molar-refractivity contribution in [3.05, 3.63) is 0 Å². The number of nitrogens with zero attached hydrogens (tertiary/aromatic N) is 1. The van der Waals surface area contributed by atoms with Crippen molar-refractivity contribution in [3.8, 4) is 0 Å². The van der Waals surface area contributed by atoms with E-state index in [0.29, 0.717) is 13.0 Å². The van der Waals surface area contributed by atoms with Gasteiger partial charge in [0.15, 0.2) is 12.1 Å². The Balaban J connectivity index is 1.49. The zero-order valence-electron chi connectivity index (χ0n) is 11.6. The topological polar surface area (TPSA) is 60.4 Å². The molecule has 3 aliphatic rings. The van der Waals surface area contributed by atoms with E-state index in [9.17, 15) is 5.11 Å². The highest BCUT2D eigenvalue weighted by Gasteiger charge is 2.50. The molecule has 3 fully saturated rings. The van der Waals surface area contributed by atoms with Gasteiger partial charge in [-0.2, -0.15) is 0 Å². The number of rotatable bonds is 3. The summed E-state index contributed by atoms with van der Waals surface area (Å²) in [5.74, 6) is -0.574. The first-order chi connectivity index (χ1) is 9.03. The lowest BCUT2D eigenvalue weighted by molar-refractivity contribution is -0.215. The highest BCUT2D eigenvalue weighted by atomic mass is 16.8. The lowest BCUT2D eigenvalue weighted by atomic mass is 10.1. The van der Waals surface area contributed by atoms with Gasteiger partial charge >= 0.3 is 0 Å². The van der Waals surface area contributed by atoms with Crippen LogP contribution in [0.1, 0.15) is 20.3 Å². The first-order valence-electron chi connectivity index (χ1n) is 7.03. The molecule has 19 heavy (non-hydrogen) atoms. The minimum atomic E-state index is -0.574. The molecule has 6 heteroatoms. The van der Waals surface area contributed by atoms with Crippen molar-refractivity contribution >= 4 is 0 Å². The third kappa shape index (κ3) is 3.09. The van der Waals surface area contributed by atoms with E-state index in [1.807, 2.05) is 13.8 Å². The van der Waals surface area contributed by atoms with Crippen LogP contribution >= 0.6 is 0 Å². The van der Waals surface area contributed by atoms with Gasteiger partial charge in [-0.3, -0.25) is 4.90 Å². The van der Waals surface area contributed by atoms with Crippen LogP contribution in [0.2, 0.25) is 0 Å². The maximum atomic E-state index is 10.3. The van der Waals surface area contributed by atoms with E-state index in [0.717, 1.165) is 26.3 Å². The van der Waals surface area contributed by atoms with Crippen LogP contribution in [0, 0.1) is 0 Å². The van der Waals surface area contributed by atoms with Crippen LogP contribution in [0.5, 0.6) is 0 Å². The molecular formula is C13H23NO5. The van der Waals surface area contributed by atoms with Crippen molar-refractivity contribution in [1.29, 1.82) is 0 Å². The Labute approximate surface area is 113 Å². The summed E-state index contributed by atoms with van der Waals surface area (Å²) < 4.78 is 22.5. The summed E-state index contributed by atoms with van der Waals surface area (Å²) in [5.41, 5.74) is 0. The van der Waals surface area contributed by atoms with Crippen LogP contribution < -0.4 is 0 Å². The van der Waals surface area contributed by atoms with Crippen LogP contribution in [0.15, 0.2) is 0 Å². The molecule has 3 rings (SSSR count). The number of ether oxygens (including phenoxy) is 4. The van der Waals surface area contributed by atoms with Crippen LogP contribution in [0.4, 0.5) is 0 Å². The van der Waals surface area contributed by atoms with Crippen LogP contribution in [-0.4, -0.2) is 73.2 Å². The van der Waals surface area contributed by atoms with Crippen molar-refractivity contribution < 1.29 is 24.1 Å². The summed E-state index contributed by atoms with van der Waals surface area (Å²) in [5, 5.41) is 10.3. The molecule has 0 bridgehead atoms. The second kappa shape index (κ2) is 5.27. The smallest absolute Gasteiger partial charge is 0.187 e. The predicted octanol–water partition coefficient (Wildman–Crippen LogP) is -0.0540. The molecule has 0 saturated carbocycles. The molecule has 0 unspecified atom stereocenters. The van der Waals surface area contributed by atoms with E-state index >= 15 is 0 Å². The molecule has 0 spiro atoms. The van der Waals surface area contributed by atoms with Gasteiger partial charge in [-0.1, -0.05) is 0 Å². The second-order valence-electron chi connectivity index (χ2n) is 5.93. The number of morpholine rings is 1. The van der Waals surface area contributed by atoms with E-state index in [1.165, 1.54) is 0 Å². The summed E-state index contributed by atoms with van der Waals surface area (Å²) in [7, 11) is 0. The number of aliphatic hydroxyl groups is 1. The Morgan fingerprint density at radius 3 is 2.68 bits per heavy atom. The fourth-order valence-electron chi connectivity index (χ4n) is 2.95. The van der Waals surface area contributed by atoms with Gasteiger partial charge in [0.2, 0.25) is 0 Å². The number of β-amino-alcohol motifs (C(OH)–C–C–N with tert-alkyl or cyclic N) is 1. The van der Waals surface area contributed by atoms with Gasteiger partial charge in [-0.05, 0) is 13.8 Å². The Bertz CT molecular complexity index is 302. The number of aliphatic hydroxyl groups excluding tert-OH is 1. The SMILES string of the molecule is CC1(C)O[C@H]2O[C@H]([C@H](O)CN3CCOCC3)C[C@H]2O1. The van der Waals surface area contributed by atoms with E-state index in [1.54, 1.807) is 0 Å². The molecule has 0 amide bonds. The average molecular weight is 273 g/mol. The molecule has 4 atom stereocenters. The lowest BCUT2D eigenvalue weighted by Crippen LogP contribution is -2.44. The number of hydrogen-bond acceptors (Lipinski definition) is 6. The van der Waals surface area contributed by atoms with Gasteiger partial charge in [-0.15, -0.1) is 0 Å². The number of hydrogen-bond donors (Lipinski definition) is 1. The zero-order valence-corrected chi connectivity index (χ0v) is 11.6. The van der Waals surface area contributed by atoms with Crippen LogP contribution in [0.25, 0.3) is 0 Å². The normalized spacial score (nSPS) is 40.3. The maximum Gasteiger partial charge on any atom is 0.187 e. The Kier molecular flexibility index (Phi) is 3.81. The Morgan fingerprint density at radius 1 is 1.26 bits per heavy atom. The number of fused-ring (bicyclic) bond motifs is 1. The first kappa shape index (κ1) is 13.7. The molecule has 0 aromatic rings. The van der Waals surface area contributed by atoms with Crippen molar-refractivity contribution in [3.63, 3.8) is 0 Å². The fraction of sp³-hybridized carbons (Fsp3) is 1.00. The van der Waals surface area contributed by atoms with Crippen LogP contribution in [-0.2, 0) is 18.9 Å². The quantitative estimate of drug-likeness (QED) is 0.778. The van der Waals surface area contributed by atoms with E-state index in [-0.39, 0.29) is 18.5 Å². The monoisotopic (exact) mass is 273 g/mol. The standard InChI is InChI=1S/C13H23NO5/c1-13(2)18-11-7-10(17-12(11)19-13)9(15)8-14-3-5-16-6-4-14/h9-12,15H,3-8H2,1-2H3/t9-,10+,11-,12-/m1/s1. The third-order valence-corrected chi connectivity index (χ3v) is 3.89. The minimum Gasteiger partial charge on any atom is -0.389 e. The Morgan fingerprint density at radius 2 is 2.00 bits per heavy atom. The first-order valence-corrected chi connectivity index (χ1v) is 7.03. The fourth-order valence-corrected chi connectivity index (χ4v) is 2.95. The molecule has 1 N–H and O–H groups in total. The zero-order chi connectivity index (χ0) is 13.5. The van der Waals surface area contributed by atoms with E-state index in [4.69, 9.17) is 18.9 Å². The lowest BCUT2D eigenvalue weighted by Gasteiger charge is -2.30. The molecule has 3 heterocycles. The van der Waals surface area contributed by atoms with Gasteiger partial charge < -0.3 is 24.1 Å². The summed E-state index contributed by atoms with van der Waals surface area (Å²) in [6, 6.07) is 0. The third-order valence-electron chi connectivity index (χ3n) is 3.89. The van der Waals surface area contributed by atoms with Gasteiger partial charge in [0.05, 0.1) is 25.4 Å². The van der Waals surface area contributed by atoms with Gasteiger partial charge in [0, 0.05) is 26.1 Å². The molecule has 0 aliphatic carbocycles. The molecular weight excluding hydrogens is 250 g/mol. The van der Waals surface area contributed by atoms with Crippen molar-refractivity contribution in [2.75, 3.05) is 32.8 Å². The summed E-state index contributed by atoms with van der Waals surface area (Å²) in [6.07, 6.45) is -0.397. The molecule has 6 nitrogen and oxygen atoms in total. The van der Waals surface area contributed by atoms with Crippen molar-refractivity contribution in [2.45, 2.75) is 50.7 Å². The Hall–Kier alpha value is -0.240. The van der Waals surface area contributed by atoms with E-state index < -0.39 is 11.9 Å². The highest BCUT2D eigenvalue weighted by molar-refractivity contribution is 4.89. The largest absolute Gasteiger partial charge is 0.389 e. The van der Waals surface area contributed by atoms with Crippen LogP contribution in [0.3, 0.4) is 0 Å².